The van der Waals surface area contributed by atoms with Crippen LogP contribution >= 0.6 is 0 Å². The third-order valence-electron chi connectivity index (χ3n) is 5.01. The smallest absolute Gasteiger partial charge is 0.227 e. The van der Waals surface area contributed by atoms with Gasteiger partial charge in [-0.1, -0.05) is 36.4 Å². The fraction of sp³-hybridized carbons (Fsp3) is 0.333. The molecule has 1 amide bonds. The summed E-state index contributed by atoms with van der Waals surface area (Å²) in [6, 6.07) is 14.4. The molecule has 0 saturated carbocycles. The summed E-state index contributed by atoms with van der Waals surface area (Å²) in [7, 11) is 0. The summed E-state index contributed by atoms with van der Waals surface area (Å²) in [5.74, 6) is 1.98. The minimum absolute atomic E-state index is 0.106. The van der Waals surface area contributed by atoms with Gasteiger partial charge in [-0.2, -0.15) is 0 Å². The summed E-state index contributed by atoms with van der Waals surface area (Å²) in [5.41, 5.74) is 2.23. The monoisotopic (exact) mass is 361 g/mol. The minimum Gasteiger partial charge on any atom is -0.333 e. The number of hydrogen-bond donors (Lipinski definition) is 0. The van der Waals surface area contributed by atoms with Crippen LogP contribution in [0.2, 0.25) is 0 Å². The number of pyridine rings is 1. The maximum Gasteiger partial charge on any atom is 0.227 e. The first-order valence-electron chi connectivity index (χ1n) is 9.34. The van der Waals surface area contributed by atoms with Gasteiger partial charge in [-0.05, 0) is 30.5 Å². The molecule has 0 saturated heterocycles. The Hall–Kier alpha value is -3.02. The molecule has 0 spiro atoms. The predicted molar refractivity (Wildman–Crippen MR) is 102 cm³/mol. The average molecular weight is 361 g/mol. The van der Waals surface area contributed by atoms with Gasteiger partial charge in [-0.25, -0.2) is 0 Å². The zero-order valence-electron chi connectivity index (χ0n) is 15.5. The normalized spacial score (nSPS) is 16.2. The Morgan fingerprint density at radius 1 is 1.07 bits per heavy atom. The highest BCUT2D eigenvalue weighted by Gasteiger charge is 2.28. The maximum absolute atomic E-state index is 12.7. The predicted octanol–water partition coefficient (Wildman–Crippen LogP) is 2.60. The van der Waals surface area contributed by atoms with Crippen LogP contribution in [-0.2, 0) is 30.6 Å². The van der Waals surface area contributed by atoms with E-state index >= 15 is 0 Å². The molecule has 4 rings (SSSR count). The second-order valence-corrected chi connectivity index (χ2v) is 7.05. The minimum atomic E-state index is 0.106. The van der Waals surface area contributed by atoms with Gasteiger partial charge in [0.05, 0.1) is 19.0 Å². The summed E-state index contributed by atoms with van der Waals surface area (Å²) in [4.78, 5) is 18.6. The van der Waals surface area contributed by atoms with Crippen molar-refractivity contribution in [1.82, 2.24) is 24.6 Å². The molecule has 1 atom stereocenters. The van der Waals surface area contributed by atoms with E-state index in [0.29, 0.717) is 19.5 Å². The van der Waals surface area contributed by atoms with E-state index in [0.717, 1.165) is 30.1 Å². The van der Waals surface area contributed by atoms with Crippen LogP contribution in [0.5, 0.6) is 0 Å². The van der Waals surface area contributed by atoms with Crippen molar-refractivity contribution >= 4 is 5.91 Å². The number of amides is 1. The first-order valence-corrected chi connectivity index (χ1v) is 9.34. The largest absolute Gasteiger partial charge is 0.333 e. The SMILES string of the molecule is C[C@H]1CN(C(=O)Cc2cccnc2)Cc2nnc(CCc3ccccc3)n21. The molecule has 6 heteroatoms. The molecule has 1 aliphatic heterocycles. The van der Waals surface area contributed by atoms with Gasteiger partial charge in [0.15, 0.2) is 5.82 Å². The summed E-state index contributed by atoms with van der Waals surface area (Å²) in [6.45, 7) is 3.33. The van der Waals surface area contributed by atoms with Crippen molar-refractivity contribution in [2.24, 2.45) is 0 Å². The molecule has 2 aromatic heterocycles. The molecule has 0 aliphatic carbocycles. The molecule has 1 aromatic carbocycles. The highest BCUT2D eigenvalue weighted by molar-refractivity contribution is 5.78. The van der Waals surface area contributed by atoms with Crippen LogP contribution in [0.15, 0.2) is 54.9 Å². The van der Waals surface area contributed by atoms with Gasteiger partial charge in [0.25, 0.3) is 0 Å². The zero-order valence-corrected chi connectivity index (χ0v) is 15.5. The van der Waals surface area contributed by atoms with Crippen LogP contribution in [0.25, 0.3) is 0 Å². The van der Waals surface area contributed by atoms with E-state index in [-0.39, 0.29) is 11.9 Å². The van der Waals surface area contributed by atoms with Crippen molar-refractivity contribution in [3.8, 4) is 0 Å². The highest BCUT2D eigenvalue weighted by atomic mass is 16.2. The van der Waals surface area contributed by atoms with Gasteiger partial charge in [-0.15, -0.1) is 10.2 Å². The summed E-state index contributed by atoms with van der Waals surface area (Å²) in [6.07, 6.45) is 5.63. The van der Waals surface area contributed by atoms with E-state index in [1.54, 1.807) is 12.4 Å². The van der Waals surface area contributed by atoms with E-state index in [1.165, 1.54) is 5.56 Å². The van der Waals surface area contributed by atoms with Crippen molar-refractivity contribution in [2.45, 2.75) is 38.8 Å². The standard InChI is InChI=1S/C21H23N5O/c1-16-14-25(21(27)12-18-8-5-11-22-13-18)15-20-24-23-19(26(16)20)10-9-17-6-3-2-4-7-17/h2-8,11,13,16H,9-10,12,14-15H2,1H3/t16-/m0/s1. The molecular formula is C21H23N5O. The van der Waals surface area contributed by atoms with Gasteiger partial charge >= 0.3 is 0 Å². The van der Waals surface area contributed by atoms with E-state index in [2.05, 4.69) is 50.9 Å². The molecule has 138 valence electrons. The van der Waals surface area contributed by atoms with Gasteiger partial charge in [0.2, 0.25) is 5.91 Å². The number of carbonyl (C=O) groups excluding carboxylic acids is 1. The number of carbonyl (C=O) groups is 1. The quantitative estimate of drug-likeness (QED) is 0.701. The zero-order chi connectivity index (χ0) is 18.6. The molecule has 0 unspecified atom stereocenters. The first kappa shape index (κ1) is 17.4. The highest BCUT2D eigenvalue weighted by Crippen LogP contribution is 2.23. The molecule has 3 aromatic rings. The molecule has 27 heavy (non-hydrogen) atoms. The lowest BCUT2D eigenvalue weighted by Gasteiger charge is -2.32. The fourth-order valence-corrected chi connectivity index (χ4v) is 3.66. The molecule has 0 N–H and O–H groups in total. The fourth-order valence-electron chi connectivity index (χ4n) is 3.66. The number of benzene rings is 1. The second-order valence-electron chi connectivity index (χ2n) is 7.05. The van der Waals surface area contributed by atoms with E-state index in [4.69, 9.17) is 0 Å². The van der Waals surface area contributed by atoms with Crippen molar-refractivity contribution < 1.29 is 4.79 Å². The Morgan fingerprint density at radius 3 is 2.67 bits per heavy atom. The van der Waals surface area contributed by atoms with E-state index in [9.17, 15) is 4.79 Å². The Kier molecular flexibility index (Phi) is 4.96. The van der Waals surface area contributed by atoms with Crippen molar-refractivity contribution in [3.63, 3.8) is 0 Å². The number of aromatic nitrogens is 4. The number of rotatable bonds is 5. The van der Waals surface area contributed by atoms with E-state index < -0.39 is 0 Å². The summed E-state index contributed by atoms with van der Waals surface area (Å²) >= 11 is 0. The van der Waals surface area contributed by atoms with Crippen LogP contribution in [-0.4, -0.2) is 37.1 Å². The average Bonchev–Trinajstić information content (AvgIpc) is 3.11. The van der Waals surface area contributed by atoms with Crippen LogP contribution in [0.1, 0.15) is 35.7 Å². The van der Waals surface area contributed by atoms with Crippen molar-refractivity contribution in [1.29, 1.82) is 0 Å². The molecule has 0 bridgehead atoms. The van der Waals surface area contributed by atoms with Crippen LogP contribution in [0, 0.1) is 0 Å². The van der Waals surface area contributed by atoms with E-state index in [1.807, 2.05) is 23.1 Å². The number of nitrogens with zero attached hydrogens (tertiary/aromatic N) is 5. The van der Waals surface area contributed by atoms with Gasteiger partial charge in [0, 0.05) is 25.4 Å². The lowest BCUT2D eigenvalue weighted by Crippen LogP contribution is -2.41. The second kappa shape index (κ2) is 7.70. The first-order chi connectivity index (χ1) is 13.2. The van der Waals surface area contributed by atoms with Gasteiger partial charge in [-0.3, -0.25) is 9.78 Å². The number of aryl methyl sites for hydroxylation is 2. The van der Waals surface area contributed by atoms with Crippen molar-refractivity contribution in [2.75, 3.05) is 6.54 Å². The van der Waals surface area contributed by atoms with Gasteiger partial charge in [0.1, 0.15) is 5.82 Å². The van der Waals surface area contributed by atoms with Crippen LogP contribution < -0.4 is 0 Å². The van der Waals surface area contributed by atoms with Crippen molar-refractivity contribution in [3.05, 3.63) is 77.6 Å². The molecule has 0 fully saturated rings. The summed E-state index contributed by atoms with van der Waals surface area (Å²) < 4.78 is 2.21. The Bertz CT molecular complexity index is 907. The molecule has 6 nitrogen and oxygen atoms in total. The van der Waals surface area contributed by atoms with Crippen LogP contribution in [0.4, 0.5) is 0 Å². The lowest BCUT2D eigenvalue weighted by atomic mass is 10.1. The molecule has 1 aliphatic rings. The molecular weight excluding hydrogens is 338 g/mol. The van der Waals surface area contributed by atoms with Crippen LogP contribution in [0.3, 0.4) is 0 Å². The molecule has 3 heterocycles. The third-order valence-corrected chi connectivity index (χ3v) is 5.01. The topological polar surface area (TPSA) is 63.9 Å². The maximum atomic E-state index is 12.7. The Morgan fingerprint density at radius 2 is 1.89 bits per heavy atom. The number of hydrogen-bond acceptors (Lipinski definition) is 4. The lowest BCUT2D eigenvalue weighted by molar-refractivity contribution is -0.132. The Labute approximate surface area is 158 Å². The third kappa shape index (κ3) is 3.89. The van der Waals surface area contributed by atoms with Gasteiger partial charge < -0.3 is 9.47 Å². The Balaban J connectivity index is 1.44. The molecule has 0 radical (unpaired) electrons. The number of fused-ring (bicyclic) bond motifs is 1. The summed E-state index contributed by atoms with van der Waals surface area (Å²) in [5, 5.41) is 8.77.